The number of methoxy groups -OCH3 is 6. The van der Waals surface area contributed by atoms with Crippen LogP contribution in [0.15, 0.2) is 170 Å². The van der Waals surface area contributed by atoms with Gasteiger partial charge >= 0.3 is 0 Å². The fourth-order valence-electron chi connectivity index (χ4n) is 11.5. The van der Waals surface area contributed by atoms with Crippen LogP contribution in [0.4, 0.5) is 11.6 Å². The number of aldehydes is 1. The standard InChI is InChI=1S/C35H40N6O6.C26H30N6O4.C9H10O3/c1-44-20-28-31(42)32(43)35(47-28)41-21-38-30-33(37-18-25(23-10-6-4-7-11-23)24-12-8-5-9-13-24)39-29(40-34(30)41)19-36-17-22-14-15-26(45-2)27(16-22)46-3;1-35-14-19-22(33)23(34)26(36-19)32-15-29-21-24(30-20(12-27)31-25(21)32)28-13-18(16-8-4-2-5-9-16)17-10-6-3-7-11-17;1-11-8-4-3-7(6-10)5-9(8)12-2/h4-16,21,25,28,31-32,35-36,42-43H,17-20H2,1-3H3,(H,37,39,40);2-11,15,18-19,22-23,26,33-34H,12-14,27H2,1H3,(H,28,30,31);3-6H,1-2H3/t28-,31?,32?,35?;19-,22-,23-,26-;/m11./s1. The summed E-state index contributed by atoms with van der Waals surface area (Å²) in [6.07, 6.45) is -3.89. The third-order valence-electron chi connectivity index (χ3n) is 16.4. The second-order valence-electron chi connectivity index (χ2n) is 22.4. The van der Waals surface area contributed by atoms with Crippen LogP contribution in [-0.4, -0.2) is 171 Å². The number of nitrogens with one attached hydrogen (secondary N) is 3. The summed E-state index contributed by atoms with van der Waals surface area (Å²) in [4.78, 5) is 38.4. The van der Waals surface area contributed by atoms with Crippen LogP contribution < -0.4 is 40.6 Å². The largest absolute Gasteiger partial charge is 0.493 e. The molecule has 0 spiro atoms. The lowest BCUT2D eigenvalue weighted by atomic mass is 9.91. The number of carbonyl (C=O) groups is 1. The van der Waals surface area contributed by atoms with Gasteiger partial charge < -0.3 is 80.0 Å². The van der Waals surface area contributed by atoms with Crippen molar-refractivity contribution in [1.29, 1.82) is 0 Å². The molecule has 2 fully saturated rings. The number of aliphatic hydroxyl groups excluding tert-OH is 4. The summed E-state index contributed by atoms with van der Waals surface area (Å²) in [6.45, 7) is 2.39. The molecule has 4 aromatic heterocycles. The number of anilines is 2. The molecule has 6 heterocycles. The van der Waals surface area contributed by atoms with Crippen molar-refractivity contribution in [2.24, 2.45) is 5.73 Å². The molecule has 2 saturated heterocycles. The van der Waals surface area contributed by atoms with Crippen molar-refractivity contribution >= 4 is 40.2 Å². The van der Waals surface area contributed by atoms with Gasteiger partial charge in [-0.25, -0.2) is 29.9 Å². The lowest BCUT2D eigenvalue weighted by molar-refractivity contribution is -0.0580. The zero-order valence-corrected chi connectivity index (χ0v) is 53.6. The van der Waals surface area contributed by atoms with Crippen LogP contribution in [0.1, 0.15) is 74.1 Å². The summed E-state index contributed by atoms with van der Waals surface area (Å²) in [5.41, 5.74) is 14.1. The summed E-state index contributed by atoms with van der Waals surface area (Å²) in [5, 5.41) is 53.0. The Morgan fingerprint density at radius 3 is 1.33 bits per heavy atom. The molecule has 8 atom stereocenters. The quantitative estimate of drug-likeness (QED) is 0.0254. The highest BCUT2D eigenvalue weighted by Gasteiger charge is 2.46. The van der Waals surface area contributed by atoms with E-state index in [0.29, 0.717) is 100 Å². The number of aliphatic hydroxyl groups is 4. The van der Waals surface area contributed by atoms with Gasteiger partial charge in [-0.3, -0.25) is 13.9 Å². The molecule has 9 N–H and O–H groups in total. The van der Waals surface area contributed by atoms with E-state index in [1.165, 1.54) is 49.9 Å². The number of ether oxygens (including phenoxy) is 8. The number of aromatic nitrogens is 8. The normalized spacial score (nSPS) is 19.0. The Labute approximate surface area is 549 Å². The SMILES string of the molecule is COC[C@H]1OC(n2cnc3c(NCC(c4ccccc4)c4ccccc4)nc(CNCc4ccc(OC)c(OC)c4)nc32)C(O)C1O.COC[C@H]1O[C@@H](n2cnc3c(NCC(c4ccccc4)c4ccccc4)nc(CN)nc32)[C@H](O)[C@@H]1O.COc1ccc(C=O)cc1OC. The smallest absolute Gasteiger partial charge is 0.168 e. The van der Waals surface area contributed by atoms with Crippen molar-refractivity contribution in [3.05, 3.63) is 215 Å². The number of benzene rings is 6. The Kier molecular flexibility index (Phi) is 23.8. The lowest BCUT2D eigenvalue weighted by Crippen LogP contribution is -2.33. The van der Waals surface area contributed by atoms with E-state index < -0.39 is 49.1 Å². The number of carbonyl (C=O) groups excluding carboxylic acids is 1. The molecule has 12 rings (SSSR count). The van der Waals surface area contributed by atoms with E-state index in [1.54, 1.807) is 55.0 Å². The Morgan fingerprint density at radius 1 is 0.505 bits per heavy atom. The molecule has 3 unspecified atom stereocenters. The molecule has 95 heavy (non-hydrogen) atoms. The van der Waals surface area contributed by atoms with Crippen molar-refractivity contribution in [2.45, 2.75) is 80.5 Å². The van der Waals surface area contributed by atoms with Crippen molar-refractivity contribution < 1.29 is 63.1 Å². The Morgan fingerprint density at radius 2 is 0.916 bits per heavy atom. The minimum Gasteiger partial charge on any atom is -0.493 e. The van der Waals surface area contributed by atoms with Gasteiger partial charge in [0.25, 0.3) is 0 Å². The van der Waals surface area contributed by atoms with Gasteiger partial charge in [-0.1, -0.05) is 127 Å². The predicted molar refractivity (Wildman–Crippen MR) is 356 cm³/mol. The first-order valence-electron chi connectivity index (χ1n) is 30.9. The summed E-state index contributed by atoms with van der Waals surface area (Å²) >= 11 is 0. The average molecular weight is 1300 g/mol. The van der Waals surface area contributed by atoms with Gasteiger partial charge in [0.1, 0.15) is 54.6 Å². The number of fused-ring (bicyclic) bond motifs is 2. The summed E-state index contributed by atoms with van der Waals surface area (Å²) in [5.74, 6) is 4.65. The fourth-order valence-corrected chi connectivity index (χ4v) is 11.5. The van der Waals surface area contributed by atoms with Gasteiger partial charge in [0, 0.05) is 51.3 Å². The van der Waals surface area contributed by atoms with Crippen molar-refractivity contribution in [3.63, 3.8) is 0 Å². The number of rotatable bonds is 26. The van der Waals surface area contributed by atoms with E-state index in [4.69, 9.17) is 53.6 Å². The van der Waals surface area contributed by atoms with Gasteiger partial charge in [0.05, 0.1) is 67.4 Å². The minimum atomic E-state index is -1.20. The molecule has 0 radical (unpaired) electrons. The molecule has 0 saturated carbocycles. The van der Waals surface area contributed by atoms with E-state index >= 15 is 0 Å². The summed E-state index contributed by atoms with van der Waals surface area (Å²) < 4.78 is 46.3. The first kappa shape index (κ1) is 68.4. The third-order valence-corrected chi connectivity index (χ3v) is 16.4. The van der Waals surface area contributed by atoms with E-state index in [0.717, 1.165) is 11.8 Å². The molecule has 498 valence electrons. The first-order valence-corrected chi connectivity index (χ1v) is 30.9. The lowest BCUT2D eigenvalue weighted by Gasteiger charge is -2.20. The molecule has 0 bridgehead atoms. The van der Waals surface area contributed by atoms with Gasteiger partial charge in [-0.2, -0.15) is 0 Å². The van der Waals surface area contributed by atoms with E-state index in [9.17, 15) is 25.2 Å². The van der Waals surface area contributed by atoms with Crippen LogP contribution in [0.2, 0.25) is 0 Å². The van der Waals surface area contributed by atoms with Crippen molar-refractivity contribution in [3.8, 4) is 23.0 Å². The average Bonchev–Trinajstić information content (AvgIpc) is 1.64. The molecule has 0 aliphatic carbocycles. The highest BCUT2D eigenvalue weighted by Crippen LogP contribution is 2.37. The van der Waals surface area contributed by atoms with Crippen LogP contribution in [0, 0.1) is 0 Å². The van der Waals surface area contributed by atoms with Crippen LogP contribution in [-0.2, 0) is 38.6 Å². The van der Waals surface area contributed by atoms with Crippen LogP contribution in [0.3, 0.4) is 0 Å². The van der Waals surface area contributed by atoms with E-state index in [1.807, 2.05) is 91.0 Å². The second kappa shape index (κ2) is 33.1. The number of nitrogens with two attached hydrogens (primary N) is 1. The summed E-state index contributed by atoms with van der Waals surface area (Å²) in [6, 6.07) is 51.9. The topological polar surface area (TPSA) is 321 Å². The van der Waals surface area contributed by atoms with E-state index in [-0.39, 0.29) is 31.6 Å². The third kappa shape index (κ3) is 16.2. The maximum Gasteiger partial charge on any atom is 0.168 e. The van der Waals surface area contributed by atoms with Gasteiger partial charge in [-0.05, 0) is 58.1 Å². The Hall–Kier alpha value is -9.51. The predicted octanol–water partition coefficient (Wildman–Crippen LogP) is 6.95. The number of nitrogens with zero attached hydrogens (tertiary/aromatic N) is 8. The van der Waals surface area contributed by atoms with Crippen LogP contribution >= 0.6 is 0 Å². The molecule has 25 heteroatoms. The number of imidazole rings is 2. The fraction of sp³-hybridized carbons (Fsp3) is 0.329. The first-order chi connectivity index (χ1) is 46.4. The number of hydrogen-bond donors (Lipinski definition) is 8. The second-order valence-corrected chi connectivity index (χ2v) is 22.4. The van der Waals surface area contributed by atoms with Gasteiger partial charge in [0.15, 0.2) is 69.4 Å². The zero-order chi connectivity index (χ0) is 66.8. The van der Waals surface area contributed by atoms with Gasteiger partial charge in [0.2, 0.25) is 0 Å². The zero-order valence-electron chi connectivity index (χ0n) is 53.6. The molecular weight excluding hydrogens is 1220 g/mol. The van der Waals surface area contributed by atoms with Crippen LogP contribution in [0.5, 0.6) is 23.0 Å². The van der Waals surface area contributed by atoms with E-state index in [2.05, 4.69) is 84.4 Å². The monoisotopic (exact) mass is 1300 g/mol. The maximum atomic E-state index is 10.9. The highest BCUT2D eigenvalue weighted by atomic mass is 16.6. The maximum absolute atomic E-state index is 10.9. The molecule has 25 nitrogen and oxygen atoms in total. The summed E-state index contributed by atoms with van der Waals surface area (Å²) in [7, 11) is 9.34. The molecule has 0 amide bonds. The molecule has 2 aliphatic heterocycles. The van der Waals surface area contributed by atoms with Crippen molar-refractivity contribution in [2.75, 3.05) is 79.6 Å². The molecular formula is C70H80N12O13. The molecule has 2 aliphatic rings. The highest BCUT2D eigenvalue weighted by molar-refractivity contribution is 5.84. The van der Waals surface area contributed by atoms with Gasteiger partial charge in [-0.15, -0.1) is 0 Å². The Balaban J connectivity index is 0.000000180. The number of hydrogen-bond acceptors (Lipinski definition) is 23. The Bertz CT molecular complexity index is 3970. The molecule has 10 aromatic rings. The van der Waals surface area contributed by atoms with Crippen LogP contribution in [0.25, 0.3) is 22.3 Å². The van der Waals surface area contributed by atoms with Crippen molar-refractivity contribution in [1.82, 2.24) is 44.4 Å². The molecule has 6 aromatic carbocycles. The minimum absolute atomic E-state index is 0.0427.